The maximum Gasteiger partial charge on any atom is 0.191 e. The number of benzene rings is 1. The molecule has 1 atom stereocenters. The molecule has 1 unspecified atom stereocenters. The molecule has 1 fully saturated rings. The highest BCUT2D eigenvalue weighted by molar-refractivity contribution is 6.30. The van der Waals surface area contributed by atoms with E-state index in [0.29, 0.717) is 12.5 Å². The monoisotopic (exact) mass is 322 g/mol. The number of hydrogen-bond donors (Lipinski definition) is 2. The smallest absolute Gasteiger partial charge is 0.191 e. The minimum Gasteiger partial charge on any atom is -0.357 e. The predicted octanol–water partition coefficient (Wildman–Crippen LogP) is 2.74. The molecule has 0 amide bonds. The van der Waals surface area contributed by atoms with Gasteiger partial charge in [-0.1, -0.05) is 23.7 Å². The molecule has 1 aromatic carbocycles. The van der Waals surface area contributed by atoms with Crippen LogP contribution < -0.4 is 10.6 Å². The molecular weight excluding hydrogens is 296 g/mol. The maximum absolute atomic E-state index is 5.91. The van der Waals surface area contributed by atoms with Gasteiger partial charge >= 0.3 is 0 Å². The van der Waals surface area contributed by atoms with Crippen LogP contribution in [-0.4, -0.2) is 44.1 Å². The summed E-state index contributed by atoms with van der Waals surface area (Å²) in [7, 11) is 2.20. The van der Waals surface area contributed by atoms with Crippen LogP contribution in [0.1, 0.15) is 25.3 Å². The topological polar surface area (TPSA) is 39.7 Å². The van der Waals surface area contributed by atoms with Gasteiger partial charge in [0, 0.05) is 24.7 Å². The molecule has 4 nitrogen and oxygen atoms in total. The van der Waals surface area contributed by atoms with Crippen LogP contribution in [0.5, 0.6) is 0 Å². The SMILES string of the molecule is CCNC(=NCc1ccc(Cl)cc1)NCC1CCCN(C)C1. The fraction of sp³-hybridized carbons (Fsp3) is 0.588. The fourth-order valence-corrected chi connectivity index (χ4v) is 2.91. The van der Waals surface area contributed by atoms with Gasteiger partial charge in [0.25, 0.3) is 0 Å². The van der Waals surface area contributed by atoms with Crippen LogP contribution in [0.3, 0.4) is 0 Å². The molecular formula is C17H27ClN4. The van der Waals surface area contributed by atoms with Gasteiger partial charge in [0.2, 0.25) is 0 Å². The number of guanidine groups is 1. The van der Waals surface area contributed by atoms with Gasteiger partial charge in [-0.3, -0.25) is 0 Å². The Labute approximate surface area is 138 Å². The van der Waals surface area contributed by atoms with Gasteiger partial charge in [0.1, 0.15) is 0 Å². The molecule has 1 aliphatic rings. The van der Waals surface area contributed by atoms with Crippen molar-refractivity contribution in [3.8, 4) is 0 Å². The largest absolute Gasteiger partial charge is 0.357 e. The third-order valence-corrected chi connectivity index (χ3v) is 4.21. The summed E-state index contributed by atoms with van der Waals surface area (Å²) in [5.41, 5.74) is 1.17. The number of aliphatic imine (C=N–C) groups is 1. The molecule has 1 aliphatic heterocycles. The molecule has 122 valence electrons. The van der Waals surface area contributed by atoms with Crippen molar-refractivity contribution in [1.29, 1.82) is 0 Å². The number of likely N-dealkylation sites (tertiary alicyclic amines) is 1. The molecule has 0 saturated carbocycles. The van der Waals surface area contributed by atoms with E-state index in [1.165, 1.54) is 31.5 Å². The van der Waals surface area contributed by atoms with Crippen molar-refractivity contribution in [2.75, 3.05) is 33.2 Å². The van der Waals surface area contributed by atoms with Crippen LogP contribution in [0.15, 0.2) is 29.3 Å². The predicted molar refractivity (Wildman–Crippen MR) is 94.5 cm³/mol. The molecule has 0 spiro atoms. The first kappa shape index (κ1) is 17.1. The minimum atomic E-state index is 0.664. The van der Waals surface area contributed by atoms with E-state index in [0.717, 1.165) is 24.1 Å². The van der Waals surface area contributed by atoms with E-state index in [1.807, 2.05) is 24.3 Å². The highest BCUT2D eigenvalue weighted by Gasteiger charge is 2.17. The van der Waals surface area contributed by atoms with Crippen molar-refractivity contribution in [2.45, 2.75) is 26.3 Å². The molecule has 1 saturated heterocycles. The molecule has 0 radical (unpaired) electrons. The summed E-state index contributed by atoms with van der Waals surface area (Å²) < 4.78 is 0. The summed E-state index contributed by atoms with van der Waals surface area (Å²) in [6.07, 6.45) is 2.59. The van der Waals surface area contributed by atoms with Crippen molar-refractivity contribution in [3.63, 3.8) is 0 Å². The lowest BCUT2D eigenvalue weighted by molar-refractivity contribution is 0.210. The van der Waals surface area contributed by atoms with Gasteiger partial charge in [0.05, 0.1) is 6.54 Å². The maximum atomic E-state index is 5.91. The highest BCUT2D eigenvalue weighted by atomic mass is 35.5. The Bertz CT molecular complexity index is 472. The second kappa shape index (κ2) is 9.01. The van der Waals surface area contributed by atoms with E-state index in [1.54, 1.807) is 0 Å². The molecule has 2 N–H and O–H groups in total. The summed E-state index contributed by atoms with van der Waals surface area (Å²) in [6, 6.07) is 7.85. The lowest BCUT2D eigenvalue weighted by Crippen LogP contribution is -2.43. The summed E-state index contributed by atoms with van der Waals surface area (Å²) in [5.74, 6) is 1.60. The third-order valence-electron chi connectivity index (χ3n) is 3.96. The van der Waals surface area contributed by atoms with Gasteiger partial charge in [-0.15, -0.1) is 0 Å². The van der Waals surface area contributed by atoms with Crippen LogP contribution in [0.4, 0.5) is 0 Å². The minimum absolute atomic E-state index is 0.664. The summed E-state index contributed by atoms with van der Waals surface area (Å²) in [4.78, 5) is 7.06. The Kier molecular flexibility index (Phi) is 7.00. The zero-order valence-electron chi connectivity index (χ0n) is 13.6. The molecule has 0 aliphatic carbocycles. The summed E-state index contributed by atoms with van der Waals surface area (Å²) >= 11 is 5.91. The van der Waals surface area contributed by atoms with Crippen molar-refractivity contribution < 1.29 is 0 Å². The molecule has 0 bridgehead atoms. The first-order chi connectivity index (χ1) is 10.7. The normalized spacial score (nSPS) is 20.0. The van der Waals surface area contributed by atoms with Gasteiger partial charge in [0.15, 0.2) is 5.96 Å². The van der Waals surface area contributed by atoms with E-state index in [9.17, 15) is 0 Å². The number of halogens is 1. The van der Waals surface area contributed by atoms with Crippen molar-refractivity contribution in [1.82, 2.24) is 15.5 Å². The lowest BCUT2D eigenvalue weighted by atomic mass is 9.99. The Morgan fingerprint density at radius 3 is 2.77 bits per heavy atom. The second-order valence-corrected chi connectivity index (χ2v) is 6.41. The second-order valence-electron chi connectivity index (χ2n) is 5.97. The van der Waals surface area contributed by atoms with Crippen LogP contribution in [0.25, 0.3) is 0 Å². The van der Waals surface area contributed by atoms with Gasteiger partial charge in [-0.25, -0.2) is 4.99 Å². The van der Waals surface area contributed by atoms with Crippen molar-refractivity contribution in [3.05, 3.63) is 34.9 Å². The standard InChI is InChI=1S/C17H27ClN4/c1-3-19-17(20-11-14-6-8-16(18)9-7-14)21-12-15-5-4-10-22(2)13-15/h6-9,15H,3-5,10-13H2,1-2H3,(H2,19,20,21). The number of hydrogen-bond acceptors (Lipinski definition) is 2. The number of nitrogens with zero attached hydrogens (tertiary/aromatic N) is 2. The van der Waals surface area contributed by atoms with Crippen LogP contribution >= 0.6 is 11.6 Å². The quantitative estimate of drug-likeness (QED) is 0.647. The zero-order valence-corrected chi connectivity index (χ0v) is 14.4. The first-order valence-corrected chi connectivity index (χ1v) is 8.50. The Hall–Kier alpha value is -1.26. The molecule has 1 aromatic rings. The van der Waals surface area contributed by atoms with Crippen LogP contribution in [0.2, 0.25) is 5.02 Å². The molecule has 5 heteroatoms. The van der Waals surface area contributed by atoms with E-state index in [4.69, 9.17) is 11.6 Å². The van der Waals surface area contributed by atoms with Gasteiger partial charge < -0.3 is 15.5 Å². The van der Waals surface area contributed by atoms with E-state index >= 15 is 0 Å². The zero-order chi connectivity index (χ0) is 15.8. The number of piperidine rings is 1. The van der Waals surface area contributed by atoms with E-state index < -0.39 is 0 Å². The average Bonchev–Trinajstić information content (AvgIpc) is 2.52. The van der Waals surface area contributed by atoms with E-state index in [2.05, 4.69) is 34.5 Å². The highest BCUT2D eigenvalue weighted by Crippen LogP contribution is 2.14. The first-order valence-electron chi connectivity index (χ1n) is 8.12. The van der Waals surface area contributed by atoms with Crippen molar-refractivity contribution in [2.24, 2.45) is 10.9 Å². The number of rotatable bonds is 5. The summed E-state index contributed by atoms with van der Waals surface area (Å²) in [6.45, 7) is 7.00. The Balaban J connectivity index is 1.85. The average molecular weight is 323 g/mol. The lowest BCUT2D eigenvalue weighted by Gasteiger charge is -2.30. The molecule has 2 rings (SSSR count). The van der Waals surface area contributed by atoms with Crippen LogP contribution in [-0.2, 0) is 6.54 Å². The fourth-order valence-electron chi connectivity index (χ4n) is 2.78. The van der Waals surface area contributed by atoms with Crippen molar-refractivity contribution >= 4 is 17.6 Å². The Morgan fingerprint density at radius 2 is 2.09 bits per heavy atom. The third kappa shape index (κ3) is 5.85. The molecule has 22 heavy (non-hydrogen) atoms. The van der Waals surface area contributed by atoms with Crippen LogP contribution in [0, 0.1) is 5.92 Å². The van der Waals surface area contributed by atoms with Gasteiger partial charge in [-0.2, -0.15) is 0 Å². The Morgan fingerprint density at radius 1 is 1.32 bits per heavy atom. The summed E-state index contributed by atoms with van der Waals surface area (Å²) in [5, 5.41) is 7.56. The van der Waals surface area contributed by atoms with Gasteiger partial charge in [-0.05, 0) is 57.0 Å². The van der Waals surface area contributed by atoms with E-state index in [-0.39, 0.29) is 0 Å². The molecule has 1 heterocycles. The number of nitrogens with one attached hydrogen (secondary N) is 2. The molecule has 0 aromatic heterocycles.